The third-order valence-electron chi connectivity index (χ3n) is 1.65. The van der Waals surface area contributed by atoms with Gasteiger partial charge in [-0.2, -0.15) is 0 Å². The summed E-state index contributed by atoms with van der Waals surface area (Å²) in [5, 5.41) is 1.93. The highest BCUT2D eigenvalue weighted by molar-refractivity contribution is 4.52. The molecule has 0 aromatic heterocycles. The summed E-state index contributed by atoms with van der Waals surface area (Å²) in [6.07, 6.45) is 3.81. The van der Waals surface area contributed by atoms with Crippen molar-refractivity contribution in [2.24, 2.45) is 11.8 Å². The van der Waals surface area contributed by atoms with Crippen LogP contribution in [0.3, 0.4) is 0 Å². The van der Waals surface area contributed by atoms with Crippen LogP contribution in [0.2, 0.25) is 0 Å². The first-order chi connectivity index (χ1) is 5.16. The molecule has 0 amide bonds. The fraction of sp³-hybridized carbons (Fsp3) is 1.00. The van der Waals surface area contributed by atoms with Crippen molar-refractivity contribution in [3.63, 3.8) is 0 Å². The Kier molecular flexibility index (Phi) is 6.57. The molecular formula is C9H22N2. The van der Waals surface area contributed by atoms with Gasteiger partial charge in [-0.3, -0.25) is 5.84 Å². The Balaban J connectivity index is 3.15. The van der Waals surface area contributed by atoms with Gasteiger partial charge in [-0.15, -0.1) is 0 Å². The SMILES string of the molecule is CCCCCN(N)CC(C)C. The minimum Gasteiger partial charge on any atom is -0.269 e. The first-order valence-corrected chi connectivity index (χ1v) is 4.66. The van der Waals surface area contributed by atoms with E-state index in [0.717, 1.165) is 13.1 Å². The van der Waals surface area contributed by atoms with E-state index in [-0.39, 0.29) is 0 Å². The number of nitrogens with two attached hydrogens (primary N) is 1. The quantitative estimate of drug-likeness (QED) is 0.364. The second kappa shape index (κ2) is 6.62. The van der Waals surface area contributed by atoms with E-state index in [1.165, 1.54) is 19.3 Å². The average molecular weight is 158 g/mol. The lowest BCUT2D eigenvalue weighted by Crippen LogP contribution is -2.35. The Bertz CT molecular complexity index is 81.6. The van der Waals surface area contributed by atoms with Gasteiger partial charge >= 0.3 is 0 Å². The molecule has 0 fully saturated rings. The lowest BCUT2D eigenvalue weighted by Gasteiger charge is -2.17. The van der Waals surface area contributed by atoms with Crippen molar-refractivity contribution in [3.05, 3.63) is 0 Å². The van der Waals surface area contributed by atoms with E-state index in [1.807, 2.05) is 5.01 Å². The van der Waals surface area contributed by atoms with Crippen molar-refractivity contribution in [3.8, 4) is 0 Å². The van der Waals surface area contributed by atoms with Gasteiger partial charge in [0, 0.05) is 13.1 Å². The van der Waals surface area contributed by atoms with Gasteiger partial charge in [0.05, 0.1) is 0 Å². The van der Waals surface area contributed by atoms with E-state index < -0.39 is 0 Å². The van der Waals surface area contributed by atoms with Crippen LogP contribution >= 0.6 is 0 Å². The molecule has 68 valence electrons. The maximum atomic E-state index is 5.75. The van der Waals surface area contributed by atoms with Crippen LogP contribution in [0.5, 0.6) is 0 Å². The van der Waals surface area contributed by atoms with E-state index in [2.05, 4.69) is 20.8 Å². The Hall–Kier alpha value is -0.0800. The summed E-state index contributed by atoms with van der Waals surface area (Å²) in [6, 6.07) is 0. The van der Waals surface area contributed by atoms with Crippen LogP contribution in [0, 0.1) is 5.92 Å². The summed E-state index contributed by atoms with van der Waals surface area (Å²) < 4.78 is 0. The van der Waals surface area contributed by atoms with Crippen LogP contribution in [0.25, 0.3) is 0 Å². The van der Waals surface area contributed by atoms with Crippen LogP contribution in [-0.2, 0) is 0 Å². The zero-order valence-electron chi connectivity index (χ0n) is 8.14. The number of hydrogen-bond donors (Lipinski definition) is 1. The van der Waals surface area contributed by atoms with Crippen molar-refractivity contribution in [1.82, 2.24) is 5.01 Å². The van der Waals surface area contributed by atoms with Gasteiger partial charge in [0.25, 0.3) is 0 Å². The zero-order chi connectivity index (χ0) is 8.69. The van der Waals surface area contributed by atoms with Crippen molar-refractivity contribution in [1.29, 1.82) is 0 Å². The first kappa shape index (κ1) is 10.9. The maximum Gasteiger partial charge on any atom is 0.0151 e. The summed E-state index contributed by atoms with van der Waals surface area (Å²) in [7, 11) is 0. The van der Waals surface area contributed by atoms with Gasteiger partial charge in [0.15, 0.2) is 0 Å². The molecule has 11 heavy (non-hydrogen) atoms. The number of nitrogens with zero attached hydrogens (tertiary/aromatic N) is 1. The fourth-order valence-electron chi connectivity index (χ4n) is 1.13. The molecule has 0 unspecified atom stereocenters. The van der Waals surface area contributed by atoms with Gasteiger partial charge in [0.2, 0.25) is 0 Å². The second-order valence-electron chi connectivity index (χ2n) is 3.60. The molecule has 0 rings (SSSR count). The summed E-state index contributed by atoms with van der Waals surface area (Å²) in [5.41, 5.74) is 0. The number of hydrogen-bond acceptors (Lipinski definition) is 2. The van der Waals surface area contributed by atoms with Gasteiger partial charge in [-0.1, -0.05) is 33.6 Å². The molecule has 0 bridgehead atoms. The smallest absolute Gasteiger partial charge is 0.0151 e. The molecule has 0 heterocycles. The molecule has 0 aromatic rings. The molecule has 0 saturated carbocycles. The Morgan fingerprint density at radius 3 is 2.36 bits per heavy atom. The lowest BCUT2D eigenvalue weighted by molar-refractivity contribution is 0.246. The molecule has 2 N–H and O–H groups in total. The van der Waals surface area contributed by atoms with E-state index in [9.17, 15) is 0 Å². The molecule has 0 aliphatic carbocycles. The molecule has 0 aliphatic rings. The van der Waals surface area contributed by atoms with Crippen molar-refractivity contribution < 1.29 is 0 Å². The topological polar surface area (TPSA) is 29.3 Å². The zero-order valence-corrected chi connectivity index (χ0v) is 8.14. The van der Waals surface area contributed by atoms with Crippen LogP contribution < -0.4 is 5.84 Å². The van der Waals surface area contributed by atoms with Gasteiger partial charge in [-0.25, -0.2) is 5.01 Å². The molecule has 2 heteroatoms. The predicted molar refractivity (Wildman–Crippen MR) is 50.1 cm³/mol. The molecule has 0 atom stereocenters. The molecule has 0 radical (unpaired) electrons. The van der Waals surface area contributed by atoms with Gasteiger partial charge < -0.3 is 0 Å². The van der Waals surface area contributed by atoms with Crippen molar-refractivity contribution in [2.45, 2.75) is 40.0 Å². The third kappa shape index (κ3) is 7.82. The van der Waals surface area contributed by atoms with Gasteiger partial charge in [-0.05, 0) is 12.3 Å². The molecule has 0 spiro atoms. The minimum atomic E-state index is 0.682. The fourth-order valence-corrected chi connectivity index (χ4v) is 1.13. The highest BCUT2D eigenvalue weighted by atomic mass is 15.4. The lowest BCUT2D eigenvalue weighted by atomic mass is 10.2. The first-order valence-electron chi connectivity index (χ1n) is 4.66. The second-order valence-corrected chi connectivity index (χ2v) is 3.60. The number of unbranched alkanes of at least 4 members (excludes halogenated alkanes) is 2. The van der Waals surface area contributed by atoms with Crippen LogP contribution in [-0.4, -0.2) is 18.1 Å². The third-order valence-corrected chi connectivity index (χ3v) is 1.65. The van der Waals surface area contributed by atoms with Crippen LogP contribution in [0.15, 0.2) is 0 Å². The summed E-state index contributed by atoms with van der Waals surface area (Å²) >= 11 is 0. The van der Waals surface area contributed by atoms with Crippen molar-refractivity contribution >= 4 is 0 Å². The van der Waals surface area contributed by atoms with E-state index >= 15 is 0 Å². The number of rotatable bonds is 6. The van der Waals surface area contributed by atoms with Crippen molar-refractivity contribution in [2.75, 3.05) is 13.1 Å². The molecule has 2 nitrogen and oxygen atoms in total. The minimum absolute atomic E-state index is 0.682. The maximum absolute atomic E-state index is 5.75. The highest BCUT2D eigenvalue weighted by Gasteiger charge is 2.00. The molecule has 0 aromatic carbocycles. The Morgan fingerprint density at radius 1 is 1.27 bits per heavy atom. The summed E-state index contributed by atoms with van der Waals surface area (Å²) in [6.45, 7) is 8.67. The standard InChI is InChI=1S/C9H22N2/c1-4-5-6-7-11(10)8-9(2)3/h9H,4-8,10H2,1-3H3. The molecule has 0 aliphatic heterocycles. The van der Waals surface area contributed by atoms with Crippen LogP contribution in [0.4, 0.5) is 0 Å². The van der Waals surface area contributed by atoms with E-state index in [4.69, 9.17) is 5.84 Å². The highest BCUT2D eigenvalue weighted by Crippen LogP contribution is 1.98. The largest absolute Gasteiger partial charge is 0.269 e. The molecular weight excluding hydrogens is 136 g/mol. The predicted octanol–water partition coefficient (Wildman–Crippen LogP) is 2.01. The summed E-state index contributed by atoms with van der Waals surface area (Å²) in [5.74, 6) is 6.43. The van der Waals surface area contributed by atoms with Crippen LogP contribution in [0.1, 0.15) is 40.0 Å². The monoisotopic (exact) mass is 158 g/mol. The Morgan fingerprint density at radius 2 is 1.91 bits per heavy atom. The van der Waals surface area contributed by atoms with E-state index in [0.29, 0.717) is 5.92 Å². The summed E-state index contributed by atoms with van der Waals surface area (Å²) in [4.78, 5) is 0. The van der Waals surface area contributed by atoms with Gasteiger partial charge in [0.1, 0.15) is 0 Å². The number of hydrazine groups is 1. The Labute approximate surface area is 70.7 Å². The average Bonchev–Trinajstić information content (AvgIpc) is 1.86. The molecule has 0 saturated heterocycles. The van der Waals surface area contributed by atoms with E-state index in [1.54, 1.807) is 0 Å². The normalized spacial score (nSPS) is 11.5.